The average Bonchev–Trinajstić information content (AvgIpc) is 2.29. The Morgan fingerprint density at radius 1 is 1.27 bits per heavy atom. The van der Waals surface area contributed by atoms with Gasteiger partial charge in [0.15, 0.2) is 0 Å². The molecule has 0 fully saturated rings. The van der Waals surface area contributed by atoms with Crippen LogP contribution in [-0.2, 0) is 11.3 Å². The minimum atomic E-state index is 0.732. The fourth-order valence-electron chi connectivity index (χ4n) is 1.36. The van der Waals surface area contributed by atoms with Crippen molar-refractivity contribution in [1.82, 2.24) is 0 Å². The van der Waals surface area contributed by atoms with E-state index in [0.29, 0.717) is 0 Å². The molecule has 0 saturated carbocycles. The minimum absolute atomic E-state index is 0.732. The molecule has 0 radical (unpaired) electrons. The summed E-state index contributed by atoms with van der Waals surface area (Å²) in [6, 6.07) is 10.3. The van der Waals surface area contributed by atoms with E-state index in [9.17, 15) is 0 Å². The van der Waals surface area contributed by atoms with Crippen molar-refractivity contribution in [2.75, 3.05) is 6.61 Å². The van der Waals surface area contributed by atoms with Crippen LogP contribution >= 0.6 is 0 Å². The molecule has 0 spiro atoms. The first-order chi connectivity index (χ1) is 7.33. The lowest BCUT2D eigenvalue weighted by atomic mass is 10.2. The standard InChI is InChI=1S/C14H20O/c1-3-13(2)8-7-11-15-12-14-9-5-4-6-10-14/h3-6,9-10H,7-8,11-12H2,1-2H3/b13-3+. The topological polar surface area (TPSA) is 9.23 Å². The van der Waals surface area contributed by atoms with Crippen LogP contribution in [0.2, 0.25) is 0 Å². The number of rotatable bonds is 6. The molecule has 0 bridgehead atoms. The van der Waals surface area contributed by atoms with E-state index in [1.807, 2.05) is 18.2 Å². The highest BCUT2D eigenvalue weighted by atomic mass is 16.5. The third-order valence-corrected chi connectivity index (χ3v) is 2.46. The van der Waals surface area contributed by atoms with Crippen molar-refractivity contribution in [2.24, 2.45) is 0 Å². The van der Waals surface area contributed by atoms with Crippen LogP contribution in [0.3, 0.4) is 0 Å². The molecule has 0 heterocycles. The van der Waals surface area contributed by atoms with E-state index in [-0.39, 0.29) is 0 Å². The molecule has 0 N–H and O–H groups in total. The van der Waals surface area contributed by atoms with Crippen LogP contribution in [0.25, 0.3) is 0 Å². The zero-order chi connectivity index (χ0) is 10.9. The Morgan fingerprint density at radius 2 is 2.00 bits per heavy atom. The van der Waals surface area contributed by atoms with Gasteiger partial charge in [-0.2, -0.15) is 0 Å². The summed E-state index contributed by atoms with van der Waals surface area (Å²) in [4.78, 5) is 0. The van der Waals surface area contributed by atoms with Gasteiger partial charge in [-0.15, -0.1) is 0 Å². The summed E-state index contributed by atoms with van der Waals surface area (Å²) in [5.41, 5.74) is 2.69. The van der Waals surface area contributed by atoms with Gasteiger partial charge in [-0.1, -0.05) is 42.0 Å². The van der Waals surface area contributed by atoms with E-state index < -0.39 is 0 Å². The molecule has 0 aliphatic heterocycles. The van der Waals surface area contributed by atoms with Gasteiger partial charge in [-0.05, 0) is 32.3 Å². The van der Waals surface area contributed by atoms with Crippen LogP contribution in [0.1, 0.15) is 32.3 Å². The molecular weight excluding hydrogens is 184 g/mol. The molecule has 1 nitrogen and oxygen atoms in total. The lowest BCUT2D eigenvalue weighted by molar-refractivity contribution is 0.118. The summed E-state index contributed by atoms with van der Waals surface area (Å²) in [5.74, 6) is 0. The lowest BCUT2D eigenvalue weighted by Gasteiger charge is -2.04. The van der Waals surface area contributed by atoms with Crippen molar-refractivity contribution in [2.45, 2.75) is 33.3 Å². The molecule has 0 atom stereocenters. The number of benzene rings is 1. The molecule has 0 saturated heterocycles. The summed E-state index contributed by atoms with van der Waals surface area (Å²) in [5, 5.41) is 0. The first-order valence-corrected chi connectivity index (χ1v) is 5.56. The Hall–Kier alpha value is -1.08. The lowest BCUT2D eigenvalue weighted by Crippen LogP contribution is -1.95. The summed E-state index contributed by atoms with van der Waals surface area (Å²) in [6.07, 6.45) is 4.42. The summed E-state index contributed by atoms with van der Waals surface area (Å²) in [6.45, 7) is 5.83. The quantitative estimate of drug-likeness (QED) is 0.503. The molecule has 82 valence electrons. The van der Waals surface area contributed by atoms with Crippen LogP contribution < -0.4 is 0 Å². The fraction of sp³-hybridized carbons (Fsp3) is 0.429. The van der Waals surface area contributed by atoms with Gasteiger partial charge < -0.3 is 4.74 Å². The van der Waals surface area contributed by atoms with Crippen molar-refractivity contribution in [1.29, 1.82) is 0 Å². The Bertz CT molecular complexity index is 287. The summed E-state index contributed by atoms with van der Waals surface area (Å²) >= 11 is 0. The van der Waals surface area contributed by atoms with Crippen LogP contribution in [0.4, 0.5) is 0 Å². The van der Waals surface area contributed by atoms with E-state index in [4.69, 9.17) is 4.74 Å². The van der Waals surface area contributed by atoms with Gasteiger partial charge >= 0.3 is 0 Å². The predicted octanol–water partition coefficient (Wildman–Crippen LogP) is 3.95. The van der Waals surface area contributed by atoms with Crippen LogP contribution in [0, 0.1) is 0 Å². The second kappa shape index (κ2) is 7.24. The van der Waals surface area contributed by atoms with Gasteiger partial charge in [-0.3, -0.25) is 0 Å². The fourth-order valence-corrected chi connectivity index (χ4v) is 1.36. The second-order valence-electron chi connectivity index (χ2n) is 3.78. The minimum Gasteiger partial charge on any atom is -0.377 e. The van der Waals surface area contributed by atoms with E-state index in [2.05, 4.69) is 32.1 Å². The van der Waals surface area contributed by atoms with Crippen molar-refractivity contribution >= 4 is 0 Å². The smallest absolute Gasteiger partial charge is 0.0716 e. The summed E-state index contributed by atoms with van der Waals surface area (Å²) in [7, 11) is 0. The Kier molecular flexibility index (Phi) is 5.79. The molecule has 1 heteroatoms. The largest absolute Gasteiger partial charge is 0.377 e. The third kappa shape index (κ3) is 5.38. The van der Waals surface area contributed by atoms with Crippen molar-refractivity contribution in [3.05, 3.63) is 47.5 Å². The van der Waals surface area contributed by atoms with Gasteiger partial charge in [0.1, 0.15) is 0 Å². The second-order valence-corrected chi connectivity index (χ2v) is 3.78. The molecule has 1 rings (SSSR count). The number of allylic oxidation sites excluding steroid dienone is 2. The van der Waals surface area contributed by atoms with Crippen molar-refractivity contribution in [3.8, 4) is 0 Å². The number of hydrogen-bond acceptors (Lipinski definition) is 1. The zero-order valence-corrected chi connectivity index (χ0v) is 9.70. The van der Waals surface area contributed by atoms with Crippen molar-refractivity contribution < 1.29 is 4.74 Å². The third-order valence-electron chi connectivity index (χ3n) is 2.46. The van der Waals surface area contributed by atoms with Gasteiger partial charge in [-0.25, -0.2) is 0 Å². The predicted molar refractivity (Wildman–Crippen MR) is 64.8 cm³/mol. The first kappa shape index (κ1) is 12.0. The van der Waals surface area contributed by atoms with Gasteiger partial charge in [0.2, 0.25) is 0 Å². The normalized spacial score (nSPS) is 11.7. The molecule has 1 aromatic rings. The SMILES string of the molecule is C/C=C(\C)CCCOCc1ccccc1. The maximum Gasteiger partial charge on any atom is 0.0716 e. The Labute approximate surface area is 92.8 Å². The van der Waals surface area contributed by atoms with E-state index in [1.165, 1.54) is 11.1 Å². The Morgan fingerprint density at radius 3 is 2.67 bits per heavy atom. The zero-order valence-electron chi connectivity index (χ0n) is 9.70. The molecule has 0 aliphatic carbocycles. The molecular formula is C14H20O. The highest BCUT2D eigenvalue weighted by molar-refractivity contribution is 5.13. The highest BCUT2D eigenvalue weighted by Crippen LogP contribution is 2.05. The molecule has 0 aliphatic rings. The van der Waals surface area contributed by atoms with E-state index >= 15 is 0 Å². The number of hydrogen-bond donors (Lipinski definition) is 0. The molecule has 1 aromatic carbocycles. The van der Waals surface area contributed by atoms with E-state index in [0.717, 1.165) is 26.1 Å². The molecule has 0 aromatic heterocycles. The van der Waals surface area contributed by atoms with E-state index in [1.54, 1.807) is 0 Å². The van der Waals surface area contributed by atoms with Crippen LogP contribution in [0.15, 0.2) is 42.0 Å². The highest BCUT2D eigenvalue weighted by Gasteiger charge is 1.92. The van der Waals surface area contributed by atoms with Gasteiger partial charge in [0, 0.05) is 6.61 Å². The number of ether oxygens (including phenoxy) is 1. The monoisotopic (exact) mass is 204 g/mol. The van der Waals surface area contributed by atoms with Crippen LogP contribution in [-0.4, -0.2) is 6.61 Å². The first-order valence-electron chi connectivity index (χ1n) is 5.56. The summed E-state index contributed by atoms with van der Waals surface area (Å²) < 4.78 is 5.59. The Balaban J connectivity index is 2.08. The van der Waals surface area contributed by atoms with Crippen molar-refractivity contribution in [3.63, 3.8) is 0 Å². The molecule has 0 amide bonds. The molecule has 15 heavy (non-hydrogen) atoms. The maximum atomic E-state index is 5.59. The van der Waals surface area contributed by atoms with Gasteiger partial charge in [0.25, 0.3) is 0 Å². The average molecular weight is 204 g/mol. The van der Waals surface area contributed by atoms with Crippen LogP contribution in [0.5, 0.6) is 0 Å². The molecule has 0 unspecified atom stereocenters. The maximum absolute atomic E-state index is 5.59. The van der Waals surface area contributed by atoms with Gasteiger partial charge in [0.05, 0.1) is 6.61 Å².